The lowest BCUT2D eigenvalue weighted by Gasteiger charge is -2.09. The van der Waals surface area contributed by atoms with E-state index >= 15 is 0 Å². The molecule has 0 aliphatic rings. The molecule has 4 aromatic heterocycles. The summed E-state index contributed by atoms with van der Waals surface area (Å²) < 4.78 is 58.1. The van der Waals surface area contributed by atoms with Gasteiger partial charge < -0.3 is 13.4 Å². The van der Waals surface area contributed by atoms with Gasteiger partial charge in [-0.15, -0.1) is 0 Å². The monoisotopic (exact) mass is 659 g/mol. The number of rotatable bonds is 4. The number of nitrogens with zero attached hydrogens (tertiary/aromatic N) is 4. The van der Waals surface area contributed by atoms with Gasteiger partial charge >= 0.3 is 0 Å². The Morgan fingerprint density at radius 2 is 1.02 bits per heavy atom. The molecule has 11 aromatic rings. The van der Waals surface area contributed by atoms with Gasteiger partial charge in [0.05, 0.1) is 29.1 Å². The number of fused-ring (bicyclic) bond motifs is 9. The quantitative estimate of drug-likeness (QED) is 0.188. The van der Waals surface area contributed by atoms with Gasteiger partial charge in [-0.25, -0.2) is 15.0 Å². The van der Waals surface area contributed by atoms with Gasteiger partial charge in [-0.3, -0.25) is 0 Å². The van der Waals surface area contributed by atoms with Crippen molar-refractivity contribution in [1.82, 2.24) is 19.5 Å². The van der Waals surface area contributed by atoms with Crippen LogP contribution in [0.1, 0.15) is 6.85 Å². The Labute approximate surface area is 297 Å². The largest absolute Gasteiger partial charge is 0.456 e. The maximum Gasteiger partial charge on any atom is 0.167 e. The van der Waals surface area contributed by atoms with Crippen molar-refractivity contribution < 1.29 is 15.7 Å². The van der Waals surface area contributed by atoms with Crippen LogP contribution in [-0.4, -0.2) is 19.5 Å². The molecule has 0 N–H and O–H groups in total. The Morgan fingerprint density at radius 1 is 0.451 bits per heavy atom. The SMILES string of the molecule is [2H]c1c([2H])c([2H])c(-c2nc(-c3cccc4c3oc3c(-n5c6ccccc6c6ccccc65)cccc34)nc(-c3cccc4oc5ccccc5c34)n2)c([2H])c1[2H]. The summed E-state index contributed by atoms with van der Waals surface area (Å²) in [7, 11) is 0. The normalized spacial score (nSPS) is 13.3. The maximum atomic E-state index is 8.84. The second kappa shape index (κ2) is 10.7. The predicted octanol–water partition coefficient (Wildman–Crippen LogP) is 11.8. The zero-order valence-electron chi connectivity index (χ0n) is 31.7. The number of furan rings is 2. The molecule has 0 radical (unpaired) electrons. The molecule has 0 spiro atoms. The lowest BCUT2D eigenvalue weighted by Crippen LogP contribution is -2.00. The minimum atomic E-state index is -0.501. The van der Waals surface area contributed by atoms with Gasteiger partial charge in [0.25, 0.3) is 0 Å². The first kappa shape index (κ1) is 23.3. The highest BCUT2D eigenvalue weighted by atomic mass is 16.3. The second-order valence-corrected chi connectivity index (χ2v) is 12.4. The fourth-order valence-corrected chi connectivity index (χ4v) is 7.39. The van der Waals surface area contributed by atoms with E-state index in [1.54, 1.807) is 0 Å². The Bertz CT molecular complexity index is 3380. The molecule has 0 fully saturated rings. The Balaban J connectivity index is 1.21. The van der Waals surface area contributed by atoms with Crippen molar-refractivity contribution in [2.45, 2.75) is 0 Å². The Kier molecular flexibility index (Phi) is 4.91. The van der Waals surface area contributed by atoms with Crippen molar-refractivity contribution in [3.63, 3.8) is 0 Å². The van der Waals surface area contributed by atoms with E-state index in [1.165, 1.54) is 0 Å². The highest BCUT2D eigenvalue weighted by molar-refractivity contribution is 6.15. The zero-order valence-corrected chi connectivity index (χ0v) is 26.7. The molecule has 0 amide bonds. The summed E-state index contributed by atoms with van der Waals surface area (Å²) in [6, 6.07) is 39.5. The van der Waals surface area contributed by atoms with Crippen molar-refractivity contribution in [3.8, 4) is 39.9 Å². The van der Waals surface area contributed by atoms with E-state index in [0.717, 1.165) is 49.0 Å². The van der Waals surface area contributed by atoms with Crippen LogP contribution in [0.5, 0.6) is 0 Å². The summed E-state index contributed by atoms with van der Waals surface area (Å²) in [5, 5.41) is 5.65. The summed E-state index contributed by atoms with van der Waals surface area (Å²) in [4.78, 5) is 14.7. The molecule has 4 heterocycles. The smallest absolute Gasteiger partial charge is 0.167 e. The van der Waals surface area contributed by atoms with E-state index in [2.05, 4.69) is 34.9 Å². The molecule has 11 rings (SSSR count). The predicted molar refractivity (Wildman–Crippen MR) is 205 cm³/mol. The highest BCUT2D eigenvalue weighted by Gasteiger charge is 2.22. The molecule has 0 aliphatic heterocycles. The molecule has 0 bridgehead atoms. The first-order chi connectivity index (χ1) is 27.4. The third kappa shape index (κ3) is 4.14. The van der Waals surface area contributed by atoms with Gasteiger partial charge in [0, 0.05) is 43.4 Å². The molecular formula is C45H26N4O2. The van der Waals surface area contributed by atoms with Crippen molar-refractivity contribution in [3.05, 3.63) is 158 Å². The average molecular weight is 660 g/mol. The Hall–Kier alpha value is -7.05. The van der Waals surface area contributed by atoms with E-state index in [1.807, 2.05) is 97.1 Å². The maximum absolute atomic E-state index is 8.84. The third-order valence-electron chi connectivity index (χ3n) is 9.57. The zero-order chi connectivity index (χ0) is 37.8. The fourth-order valence-electron chi connectivity index (χ4n) is 7.39. The van der Waals surface area contributed by atoms with E-state index < -0.39 is 30.2 Å². The van der Waals surface area contributed by atoms with E-state index in [4.69, 9.17) is 30.6 Å². The van der Waals surface area contributed by atoms with Crippen LogP contribution in [0, 0.1) is 0 Å². The van der Waals surface area contributed by atoms with E-state index in [0.29, 0.717) is 33.5 Å². The second-order valence-electron chi connectivity index (χ2n) is 12.4. The number of benzene rings is 7. The van der Waals surface area contributed by atoms with Gasteiger partial charge in [-0.1, -0.05) is 121 Å². The summed E-state index contributed by atoms with van der Waals surface area (Å²) in [5.74, 6) is 0.392. The van der Waals surface area contributed by atoms with E-state index in [9.17, 15) is 0 Å². The molecule has 0 unspecified atom stereocenters. The van der Waals surface area contributed by atoms with Crippen LogP contribution in [0.4, 0.5) is 0 Å². The summed E-state index contributed by atoms with van der Waals surface area (Å²) in [6.45, 7) is 0. The first-order valence-corrected chi connectivity index (χ1v) is 16.5. The van der Waals surface area contributed by atoms with Gasteiger partial charge in [0.15, 0.2) is 23.1 Å². The van der Waals surface area contributed by atoms with Gasteiger partial charge in [-0.05, 0) is 36.4 Å². The van der Waals surface area contributed by atoms with E-state index in [-0.39, 0.29) is 23.0 Å². The third-order valence-corrected chi connectivity index (χ3v) is 9.57. The Morgan fingerprint density at radius 3 is 1.80 bits per heavy atom. The lowest BCUT2D eigenvalue weighted by atomic mass is 10.0. The highest BCUT2D eigenvalue weighted by Crippen LogP contribution is 2.41. The standard InChI is InChI=1S/C45H26N4O2/c1-2-13-27(14-3-1)43-46-44(33-20-12-26-39-40(33)32-17-6-9-25-38(32)50-39)48-45(47-43)34-21-10-18-30-31-19-11-24-37(42(31)51-41(30)34)49-35-22-7-4-15-28(35)29-16-5-8-23-36(29)49/h1-26H/i1D,2D,3D,13D,14D. The van der Waals surface area contributed by atoms with Crippen LogP contribution >= 0.6 is 0 Å². The van der Waals surface area contributed by atoms with Crippen molar-refractivity contribution in [2.75, 3.05) is 0 Å². The van der Waals surface area contributed by atoms with Crippen LogP contribution < -0.4 is 0 Å². The molecule has 0 atom stereocenters. The number of hydrogen-bond donors (Lipinski definition) is 0. The van der Waals surface area contributed by atoms with Crippen LogP contribution in [0.15, 0.2) is 166 Å². The molecule has 6 heteroatoms. The molecule has 0 aliphatic carbocycles. The summed E-state index contributed by atoms with van der Waals surface area (Å²) in [6.07, 6.45) is 0. The molecule has 238 valence electrons. The molecule has 0 saturated carbocycles. The van der Waals surface area contributed by atoms with Crippen LogP contribution in [0.3, 0.4) is 0 Å². The molecular weight excluding hydrogens is 629 g/mol. The number of aromatic nitrogens is 4. The van der Waals surface area contributed by atoms with Gasteiger partial charge in [0.1, 0.15) is 16.7 Å². The number of para-hydroxylation sites is 5. The van der Waals surface area contributed by atoms with Crippen LogP contribution in [-0.2, 0) is 0 Å². The summed E-state index contributed by atoms with van der Waals surface area (Å²) >= 11 is 0. The minimum Gasteiger partial charge on any atom is -0.456 e. The van der Waals surface area contributed by atoms with Crippen LogP contribution in [0.25, 0.3) is 106 Å². The molecule has 0 saturated heterocycles. The van der Waals surface area contributed by atoms with Gasteiger partial charge in [0.2, 0.25) is 0 Å². The van der Waals surface area contributed by atoms with Crippen LogP contribution in [0.2, 0.25) is 0 Å². The fraction of sp³-hybridized carbons (Fsp3) is 0. The summed E-state index contributed by atoms with van der Waals surface area (Å²) in [5.41, 5.74) is 6.56. The first-order valence-electron chi connectivity index (χ1n) is 19.0. The average Bonchev–Trinajstić information content (AvgIpc) is 3.92. The molecule has 7 aromatic carbocycles. The number of hydrogen-bond acceptors (Lipinski definition) is 5. The van der Waals surface area contributed by atoms with Crippen molar-refractivity contribution in [1.29, 1.82) is 0 Å². The van der Waals surface area contributed by atoms with Crippen molar-refractivity contribution >= 4 is 65.7 Å². The molecule has 51 heavy (non-hydrogen) atoms. The topological polar surface area (TPSA) is 69.9 Å². The lowest BCUT2D eigenvalue weighted by molar-refractivity contribution is 0.667. The van der Waals surface area contributed by atoms with Crippen molar-refractivity contribution in [2.24, 2.45) is 0 Å². The minimum absolute atomic E-state index is 0.0640. The van der Waals surface area contributed by atoms with Gasteiger partial charge in [-0.2, -0.15) is 0 Å². The molecule has 6 nitrogen and oxygen atoms in total.